The Morgan fingerprint density at radius 2 is 1.76 bits per heavy atom. The van der Waals surface area contributed by atoms with Gasteiger partial charge in [0.1, 0.15) is 13.2 Å². The number of methoxy groups -OCH3 is 1. The largest absolute Gasteiger partial charge is 0.493 e. The molecule has 0 aliphatic carbocycles. The number of aromatic nitrogens is 2. The van der Waals surface area contributed by atoms with Gasteiger partial charge in [-0.1, -0.05) is 48.5 Å². The van der Waals surface area contributed by atoms with Crippen LogP contribution in [0.3, 0.4) is 0 Å². The molecule has 166 valence electrons. The van der Waals surface area contributed by atoms with Crippen LogP contribution in [0.5, 0.6) is 17.2 Å². The Morgan fingerprint density at radius 3 is 2.52 bits per heavy atom. The molecule has 7 nitrogen and oxygen atoms in total. The van der Waals surface area contributed by atoms with Crippen molar-refractivity contribution in [2.24, 2.45) is 0 Å². The van der Waals surface area contributed by atoms with Crippen LogP contribution >= 0.6 is 0 Å². The summed E-state index contributed by atoms with van der Waals surface area (Å²) in [4.78, 5) is 13.0. The summed E-state index contributed by atoms with van der Waals surface area (Å²) in [5.41, 5.74) is 4.09. The van der Waals surface area contributed by atoms with E-state index in [-0.39, 0.29) is 5.91 Å². The zero-order chi connectivity index (χ0) is 22.6. The molecule has 0 saturated heterocycles. The highest BCUT2D eigenvalue weighted by molar-refractivity contribution is 5.95. The fourth-order valence-electron chi connectivity index (χ4n) is 3.77. The van der Waals surface area contributed by atoms with Crippen molar-refractivity contribution in [1.82, 2.24) is 15.1 Å². The van der Waals surface area contributed by atoms with Gasteiger partial charge >= 0.3 is 0 Å². The highest BCUT2D eigenvalue weighted by atomic mass is 16.6. The molecule has 2 heterocycles. The van der Waals surface area contributed by atoms with Gasteiger partial charge in [-0.3, -0.25) is 4.79 Å². The number of benzene rings is 3. The lowest BCUT2D eigenvalue weighted by Gasteiger charge is -2.21. The molecule has 0 saturated carbocycles. The summed E-state index contributed by atoms with van der Waals surface area (Å²) < 4.78 is 18.5. The number of fused-ring (bicyclic) bond motifs is 1. The van der Waals surface area contributed by atoms with Crippen molar-refractivity contribution in [3.05, 3.63) is 90.1 Å². The molecule has 1 N–H and O–H groups in total. The molecule has 33 heavy (non-hydrogen) atoms. The Morgan fingerprint density at radius 1 is 1.03 bits per heavy atom. The molecular formula is C26H23N3O4. The van der Waals surface area contributed by atoms with E-state index < -0.39 is 0 Å². The first-order valence-electron chi connectivity index (χ1n) is 10.7. The van der Waals surface area contributed by atoms with Crippen molar-refractivity contribution in [3.8, 4) is 34.2 Å². The van der Waals surface area contributed by atoms with E-state index >= 15 is 0 Å². The van der Waals surface area contributed by atoms with E-state index in [1.165, 1.54) is 0 Å². The number of hydrogen-bond acceptors (Lipinski definition) is 5. The molecule has 0 unspecified atom stereocenters. The Bertz CT molecular complexity index is 1250. The number of amides is 1. The van der Waals surface area contributed by atoms with Gasteiger partial charge in [-0.2, -0.15) is 5.10 Å². The van der Waals surface area contributed by atoms with Gasteiger partial charge < -0.3 is 19.5 Å². The van der Waals surface area contributed by atoms with Crippen LogP contribution in [0.1, 0.15) is 15.9 Å². The van der Waals surface area contributed by atoms with Crippen LogP contribution in [0.25, 0.3) is 16.9 Å². The Hall–Kier alpha value is -4.26. The average Bonchev–Trinajstić information content (AvgIpc) is 3.32. The van der Waals surface area contributed by atoms with Gasteiger partial charge in [-0.15, -0.1) is 0 Å². The van der Waals surface area contributed by atoms with Gasteiger partial charge in [0.05, 0.1) is 18.5 Å². The number of ether oxygens (including phenoxy) is 3. The first-order chi connectivity index (χ1) is 16.2. The lowest BCUT2D eigenvalue weighted by atomic mass is 10.1. The predicted octanol–water partition coefficient (Wildman–Crippen LogP) is 4.25. The van der Waals surface area contributed by atoms with Crippen molar-refractivity contribution in [1.29, 1.82) is 0 Å². The van der Waals surface area contributed by atoms with E-state index in [0.717, 1.165) is 22.5 Å². The predicted molar refractivity (Wildman–Crippen MR) is 124 cm³/mol. The van der Waals surface area contributed by atoms with E-state index in [9.17, 15) is 4.79 Å². The number of carbonyl (C=O) groups excluding carboxylic acids is 1. The summed E-state index contributed by atoms with van der Waals surface area (Å²) >= 11 is 0. The molecule has 0 bridgehead atoms. The molecule has 5 rings (SSSR count). The van der Waals surface area contributed by atoms with Gasteiger partial charge in [-0.05, 0) is 24.3 Å². The van der Waals surface area contributed by atoms with Gasteiger partial charge in [0, 0.05) is 29.4 Å². The van der Waals surface area contributed by atoms with Crippen molar-refractivity contribution in [3.63, 3.8) is 0 Å². The highest BCUT2D eigenvalue weighted by Crippen LogP contribution is 2.40. The average molecular weight is 441 g/mol. The maximum Gasteiger partial charge on any atom is 0.251 e. The molecule has 3 aromatic carbocycles. The topological polar surface area (TPSA) is 74.6 Å². The highest BCUT2D eigenvalue weighted by Gasteiger charge is 2.21. The quantitative estimate of drug-likeness (QED) is 0.484. The van der Waals surface area contributed by atoms with E-state index in [2.05, 4.69) is 5.32 Å². The third-order valence-electron chi connectivity index (χ3n) is 5.39. The maximum atomic E-state index is 13.0. The molecule has 0 fully saturated rings. The zero-order valence-electron chi connectivity index (χ0n) is 18.2. The van der Waals surface area contributed by atoms with Crippen LogP contribution in [-0.2, 0) is 6.54 Å². The van der Waals surface area contributed by atoms with Crippen molar-refractivity contribution in [2.75, 3.05) is 20.3 Å². The number of nitrogens with zero attached hydrogens (tertiary/aromatic N) is 2. The van der Waals surface area contributed by atoms with Crippen molar-refractivity contribution < 1.29 is 19.0 Å². The third-order valence-corrected chi connectivity index (χ3v) is 5.39. The Kier molecular flexibility index (Phi) is 5.68. The third kappa shape index (κ3) is 4.25. The summed E-state index contributed by atoms with van der Waals surface area (Å²) in [5.74, 6) is 1.26. The van der Waals surface area contributed by atoms with Gasteiger partial charge in [0.25, 0.3) is 5.91 Å². The summed E-state index contributed by atoms with van der Waals surface area (Å²) in [6.45, 7) is 1.19. The van der Waals surface area contributed by atoms with Crippen LogP contribution in [-0.4, -0.2) is 36.0 Å². The van der Waals surface area contributed by atoms with Crippen molar-refractivity contribution >= 4 is 5.91 Å². The molecule has 4 aromatic rings. The van der Waals surface area contributed by atoms with Gasteiger partial charge in [0.2, 0.25) is 5.75 Å². The molecule has 0 radical (unpaired) electrons. The van der Waals surface area contributed by atoms with E-state index in [1.54, 1.807) is 19.2 Å². The SMILES string of the molecule is COc1cc(C(=O)NCc2cn(-c3ccccc3)nc2-c2ccccc2)cc2c1OCCO2. The summed E-state index contributed by atoms with van der Waals surface area (Å²) in [6, 6.07) is 23.2. The number of carbonyl (C=O) groups is 1. The number of rotatable bonds is 6. The summed E-state index contributed by atoms with van der Waals surface area (Å²) in [5, 5.41) is 7.80. The second-order valence-corrected chi connectivity index (χ2v) is 7.53. The zero-order valence-corrected chi connectivity index (χ0v) is 18.2. The van der Waals surface area contributed by atoms with Crippen molar-refractivity contribution in [2.45, 2.75) is 6.54 Å². The first kappa shape index (κ1) is 20.6. The molecule has 0 atom stereocenters. The maximum absolute atomic E-state index is 13.0. The Balaban J connectivity index is 1.42. The van der Waals surface area contributed by atoms with Gasteiger partial charge in [-0.25, -0.2) is 4.68 Å². The minimum Gasteiger partial charge on any atom is -0.493 e. The fourth-order valence-corrected chi connectivity index (χ4v) is 3.77. The first-order valence-corrected chi connectivity index (χ1v) is 10.7. The minimum atomic E-state index is -0.239. The number of hydrogen-bond donors (Lipinski definition) is 1. The van der Waals surface area contributed by atoms with Gasteiger partial charge in [0.15, 0.2) is 11.5 Å². The molecule has 7 heteroatoms. The summed E-state index contributed by atoms with van der Waals surface area (Å²) in [7, 11) is 1.54. The molecule has 1 aliphatic heterocycles. The molecule has 1 amide bonds. The lowest BCUT2D eigenvalue weighted by molar-refractivity contribution is 0.0949. The second-order valence-electron chi connectivity index (χ2n) is 7.53. The van der Waals surface area contributed by atoms with Crippen LogP contribution in [0, 0.1) is 0 Å². The van der Waals surface area contributed by atoms with Crippen LogP contribution in [0.2, 0.25) is 0 Å². The summed E-state index contributed by atoms with van der Waals surface area (Å²) in [6.07, 6.45) is 1.95. The van der Waals surface area contributed by atoms with Crippen LogP contribution < -0.4 is 19.5 Å². The Labute approximate surface area is 191 Å². The van der Waals surface area contributed by atoms with E-state index in [0.29, 0.717) is 42.6 Å². The van der Waals surface area contributed by atoms with E-state index in [1.807, 2.05) is 71.5 Å². The lowest BCUT2D eigenvalue weighted by Crippen LogP contribution is -2.24. The number of nitrogens with one attached hydrogen (secondary N) is 1. The van der Waals surface area contributed by atoms with Crippen LogP contribution in [0.15, 0.2) is 79.0 Å². The molecule has 1 aromatic heterocycles. The monoisotopic (exact) mass is 441 g/mol. The fraction of sp³-hybridized carbons (Fsp3) is 0.154. The smallest absolute Gasteiger partial charge is 0.251 e. The second kappa shape index (κ2) is 9.08. The minimum absolute atomic E-state index is 0.239. The normalized spacial score (nSPS) is 12.3. The van der Waals surface area contributed by atoms with E-state index in [4.69, 9.17) is 19.3 Å². The number of para-hydroxylation sites is 1. The molecular weight excluding hydrogens is 418 g/mol. The standard InChI is InChI=1S/C26H23N3O4/c1-31-22-14-19(15-23-25(22)33-13-12-32-23)26(30)27-16-20-17-29(21-10-6-3-7-11-21)28-24(20)18-8-4-2-5-9-18/h2-11,14-15,17H,12-13,16H2,1H3,(H,27,30). The molecule has 0 spiro atoms. The van der Waals surface area contributed by atoms with Crippen LogP contribution in [0.4, 0.5) is 0 Å². The molecule has 1 aliphatic rings.